The maximum Gasteiger partial charge on any atom is 0.329 e. The van der Waals surface area contributed by atoms with Gasteiger partial charge >= 0.3 is 5.97 Å². The van der Waals surface area contributed by atoms with Gasteiger partial charge in [-0.05, 0) is 43.5 Å². The number of anilines is 1. The minimum Gasteiger partial charge on any atom is -0.494 e. The summed E-state index contributed by atoms with van der Waals surface area (Å²) in [6.07, 6.45) is 3.26. The molecule has 1 saturated carbocycles. The molecule has 36 heavy (non-hydrogen) atoms. The first-order chi connectivity index (χ1) is 17.3. The number of rotatable bonds is 9. The van der Waals surface area contributed by atoms with E-state index in [0.29, 0.717) is 40.1 Å². The monoisotopic (exact) mass is 495 g/mol. The molecular formula is C26H29N3O7. The molecule has 0 spiro atoms. The van der Waals surface area contributed by atoms with Crippen molar-refractivity contribution in [2.24, 2.45) is 5.92 Å². The van der Waals surface area contributed by atoms with E-state index in [-0.39, 0.29) is 24.1 Å². The molecular weight excluding hydrogens is 466 g/mol. The largest absolute Gasteiger partial charge is 0.494 e. The molecule has 4 rings (SSSR count). The summed E-state index contributed by atoms with van der Waals surface area (Å²) in [6.45, 7) is 3.43. The number of aromatic nitrogens is 1. The second-order valence-corrected chi connectivity index (χ2v) is 8.58. The average Bonchev–Trinajstić information content (AvgIpc) is 3.65. The lowest BCUT2D eigenvalue weighted by atomic mass is 10.0. The maximum absolute atomic E-state index is 12.7. The van der Waals surface area contributed by atoms with E-state index in [9.17, 15) is 19.5 Å². The van der Waals surface area contributed by atoms with Gasteiger partial charge in [0.05, 0.1) is 37.3 Å². The van der Waals surface area contributed by atoms with Crippen LogP contribution in [0.25, 0.3) is 10.8 Å². The SMILES string of the molecule is CCOc1cc(C(CC(=O)NOC(C)=O)n2cc3cccc(NC(=O)C4CC4)c3c2O)ccc1OC. The maximum atomic E-state index is 12.7. The van der Waals surface area contributed by atoms with Gasteiger partial charge in [0.25, 0.3) is 5.91 Å². The first kappa shape index (κ1) is 24.9. The fraction of sp³-hybridized carbons (Fsp3) is 0.346. The van der Waals surface area contributed by atoms with Crippen molar-refractivity contribution in [3.05, 3.63) is 48.2 Å². The van der Waals surface area contributed by atoms with Crippen molar-refractivity contribution >= 4 is 34.2 Å². The Morgan fingerprint density at radius 2 is 1.94 bits per heavy atom. The summed E-state index contributed by atoms with van der Waals surface area (Å²) in [5.74, 6) is -0.415. The molecule has 0 aliphatic heterocycles. The number of hydrogen-bond acceptors (Lipinski definition) is 7. The van der Waals surface area contributed by atoms with Gasteiger partial charge in [0.15, 0.2) is 11.5 Å². The highest BCUT2D eigenvalue weighted by atomic mass is 16.7. The van der Waals surface area contributed by atoms with E-state index in [1.807, 2.05) is 13.0 Å². The van der Waals surface area contributed by atoms with Crippen LogP contribution in [0, 0.1) is 5.92 Å². The number of nitrogens with zero attached hydrogens (tertiary/aromatic N) is 1. The molecule has 3 aromatic rings. The summed E-state index contributed by atoms with van der Waals surface area (Å²) in [7, 11) is 1.53. The van der Waals surface area contributed by atoms with Crippen LogP contribution in [-0.4, -0.2) is 41.2 Å². The van der Waals surface area contributed by atoms with Gasteiger partial charge in [-0.3, -0.25) is 14.4 Å². The Bertz CT molecular complexity index is 1300. The van der Waals surface area contributed by atoms with Crippen molar-refractivity contribution in [3.63, 3.8) is 0 Å². The minimum atomic E-state index is -0.704. The number of fused-ring (bicyclic) bond motifs is 1. The third-order valence-electron chi connectivity index (χ3n) is 5.94. The zero-order chi connectivity index (χ0) is 25.8. The predicted octanol–water partition coefficient (Wildman–Crippen LogP) is 3.68. The fourth-order valence-corrected chi connectivity index (χ4v) is 4.08. The van der Waals surface area contributed by atoms with E-state index >= 15 is 0 Å². The number of hydroxylamine groups is 1. The van der Waals surface area contributed by atoms with Crippen LogP contribution in [0.15, 0.2) is 42.6 Å². The van der Waals surface area contributed by atoms with Crippen molar-refractivity contribution in [3.8, 4) is 17.4 Å². The van der Waals surface area contributed by atoms with Crippen molar-refractivity contribution in [1.29, 1.82) is 0 Å². The number of nitrogens with one attached hydrogen (secondary N) is 2. The lowest BCUT2D eigenvalue weighted by Crippen LogP contribution is -2.28. The third-order valence-corrected chi connectivity index (χ3v) is 5.94. The van der Waals surface area contributed by atoms with Crippen LogP contribution in [0.3, 0.4) is 0 Å². The van der Waals surface area contributed by atoms with Crippen LogP contribution in [0.4, 0.5) is 5.69 Å². The van der Waals surface area contributed by atoms with Crippen molar-refractivity contribution in [2.45, 2.75) is 39.2 Å². The lowest BCUT2D eigenvalue weighted by molar-refractivity contribution is -0.156. The number of methoxy groups -OCH3 is 1. The Labute approximate surface area is 208 Å². The third kappa shape index (κ3) is 5.37. The van der Waals surface area contributed by atoms with Gasteiger partial charge in [0.1, 0.15) is 0 Å². The topological polar surface area (TPSA) is 128 Å². The summed E-state index contributed by atoms with van der Waals surface area (Å²) in [5.41, 5.74) is 3.27. The standard InChI is InChI=1S/C26H29N3O7/c1-4-35-22-12-17(10-11-21(22)34-3)20(13-23(31)28-36-15(2)30)29-14-18-6-5-7-19(24(18)26(29)33)27-25(32)16-8-9-16/h5-7,10-12,14,16,20,33H,4,8-9,13H2,1-3H3,(H,27,32)(H,28,31). The molecule has 2 aromatic carbocycles. The highest BCUT2D eigenvalue weighted by molar-refractivity contribution is 6.06. The first-order valence-electron chi connectivity index (χ1n) is 11.7. The van der Waals surface area contributed by atoms with Crippen LogP contribution in [-0.2, 0) is 19.2 Å². The normalized spacial score (nSPS) is 13.6. The Hall–Kier alpha value is -4.21. The molecule has 0 radical (unpaired) electrons. The van der Waals surface area contributed by atoms with Gasteiger partial charge in [-0.2, -0.15) is 5.48 Å². The zero-order valence-electron chi connectivity index (χ0n) is 20.4. The number of amides is 2. The molecule has 1 unspecified atom stereocenters. The van der Waals surface area contributed by atoms with Crippen LogP contribution in [0.5, 0.6) is 17.4 Å². The van der Waals surface area contributed by atoms with Crippen molar-refractivity contribution in [1.82, 2.24) is 10.0 Å². The molecule has 1 aliphatic carbocycles. The zero-order valence-corrected chi connectivity index (χ0v) is 20.4. The van der Waals surface area contributed by atoms with Gasteiger partial charge in [0, 0.05) is 24.4 Å². The van der Waals surface area contributed by atoms with Gasteiger partial charge in [-0.15, -0.1) is 0 Å². The second-order valence-electron chi connectivity index (χ2n) is 8.58. The Kier molecular flexibility index (Phi) is 7.33. The molecule has 0 bridgehead atoms. The predicted molar refractivity (Wildman–Crippen MR) is 132 cm³/mol. The van der Waals surface area contributed by atoms with E-state index in [4.69, 9.17) is 9.47 Å². The fourth-order valence-electron chi connectivity index (χ4n) is 4.08. The number of ether oxygens (including phenoxy) is 2. The molecule has 1 aliphatic rings. The molecule has 3 N–H and O–H groups in total. The van der Waals surface area contributed by atoms with Crippen molar-refractivity contribution < 1.29 is 33.8 Å². The summed E-state index contributed by atoms with van der Waals surface area (Å²) in [4.78, 5) is 40.9. The highest BCUT2D eigenvalue weighted by Gasteiger charge is 2.31. The van der Waals surface area contributed by atoms with Crippen LogP contribution in [0.1, 0.15) is 44.7 Å². The van der Waals surface area contributed by atoms with Gasteiger partial charge in [-0.25, -0.2) is 0 Å². The number of carbonyl (C=O) groups excluding carboxylic acids is 3. The first-order valence-corrected chi connectivity index (χ1v) is 11.7. The van der Waals surface area contributed by atoms with Crippen LogP contribution < -0.4 is 20.3 Å². The number of benzene rings is 2. The molecule has 0 saturated heterocycles. The molecule has 1 atom stereocenters. The Morgan fingerprint density at radius 3 is 2.61 bits per heavy atom. The Morgan fingerprint density at radius 1 is 1.17 bits per heavy atom. The summed E-state index contributed by atoms with van der Waals surface area (Å²) in [6, 6.07) is 9.86. The number of carbonyl (C=O) groups is 3. The van der Waals surface area contributed by atoms with E-state index in [1.54, 1.807) is 41.1 Å². The quantitative estimate of drug-likeness (QED) is 0.386. The summed E-state index contributed by atoms with van der Waals surface area (Å²) < 4.78 is 12.6. The smallest absolute Gasteiger partial charge is 0.329 e. The summed E-state index contributed by atoms with van der Waals surface area (Å²) in [5, 5.41) is 15.4. The van der Waals surface area contributed by atoms with Crippen molar-refractivity contribution in [2.75, 3.05) is 19.0 Å². The molecule has 1 fully saturated rings. The van der Waals surface area contributed by atoms with Gasteiger partial charge in [0.2, 0.25) is 11.8 Å². The molecule has 10 nitrogen and oxygen atoms in total. The Balaban J connectivity index is 1.77. The number of aromatic hydroxyl groups is 1. The van der Waals surface area contributed by atoms with E-state index in [1.165, 1.54) is 14.0 Å². The van der Waals surface area contributed by atoms with Gasteiger partial charge < -0.3 is 29.3 Å². The molecule has 1 aromatic heterocycles. The molecule has 1 heterocycles. The average molecular weight is 496 g/mol. The van der Waals surface area contributed by atoms with Gasteiger partial charge in [-0.1, -0.05) is 18.2 Å². The lowest BCUT2D eigenvalue weighted by Gasteiger charge is -2.21. The molecule has 190 valence electrons. The van der Waals surface area contributed by atoms with Crippen LogP contribution >= 0.6 is 0 Å². The molecule has 10 heteroatoms. The second kappa shape index (κ2) is 10.6. The summed E-state index contributed by atoms with van der Waals surface area (Å²) >= 11 is 0. The number of hydrogen-bond donors (Lipinski definition) is 3. The highest BCUT2D eigenvalue weighted by Crippen LogP contribution is 2.41. The van der Waals surface area contributed by atoms with E-state index < -0.39 is 17.9 Å². The van der Waals surface area contributed by atoms with E-state index in [2.05, 4.69) is 15.6 Å². The minimum absolute atomic E-state index is 0.00140. The van der Waals surface area contributed by atoms with E-state index in [0.717, 1.165) is 12.8 Å². The molecule has 2 amide bonds. The van der Waals surface area contributed by atoms with Crippen LogP contribution in [0.2, 0.25) is 0 Å².